The number of hydrogen-bond acceptors (Lipinski definition) is 8. The molecule has 0 aliphatic rings. The van der Waals surface area contributed by atoms with Gasteiger partial charge in [-0.2, -0.15) is 0 Å². The maximum absolute atomic E-state index is 10.3. The third kappa shape index (κ3) is 46.1. The number of hydrogen-bond donors (Lipinski definition) is 2. The molecule has 0 fully saturated rings. The fourth-order valence-electron chi connectivity index (χ4n) is 0.814. The molecule has 0 aliphatic carbocycles. The van der Waals surface area contributed by atoms with Gasteiger partial charge in [0.25, 0.3) is 0 Å². The largest absolute Gasteiger partial charge is 2.00 e. The van der Waals surface area contributed by atoms with E-state index in [1.165, 1.54) is 13.8 Å². The maximum Gasteiger partial charge on any atom is 2.00 e. The van der Waals surface area contributed by atoms with Crippen LogP contribution in [0.25, 0.3) is 0 Å². The smallest absolute Gasteiger partial charge is 0.854 e. The molecule has 0 bridgehead atoms. The minimum Gasteiger partial charge on any atom is -0.854 e. The Morgan fingerprint density at radius 3 is 1.07 bits per heavy atom. The zero-order valence-corrected chi connectivity index (χ0v) is 20.1. The standard InChI is InChI=1S/2C5H10O3.2C4H9O.Zr/c2*1-3-8-5(7)4(2)6;2*1-2-3-4-5;/h2*4,6H,3H2,1-2H3;2*2-4H2,1H3;/q;;2*-1;+2. The zero-order valence-electron chi connectivity index (χ0n) is 17.7. The molecular formula is C18H38O8Zr. The number of aliphatic hydroxyl groups is 2. The molecule has 0 amide bonds. The van der Waals surface area contributed by atoms with Crippen LogP contribution in [-0.4, -0.2) is 60.8 Å². The average molecular weight is 474 g/mol. The summed E-state index contributed by atoms with van der Waals surface area (Å²) < 4.78 is 8.83. The molecular weight excluding hydrogens is 435 g/mol. The second-order valence-electron chi connectivity index (χ2n) is 4.97. The summed E-state index contributed by atoms with van der Waals surface area (Å²) in [5, 5.41) is 36.0. The molecule has 0 saturated carbocycles. The Bertz CT molecular complexity index is 255. The first kappa shape index (κ1) is 37.4. The fourth-order valence-corrected chi connectivity index (χ4v) is 0.814. The van der Waals surface area contributed by atoms with Gasteiger partial charge in [0.15, 0.2) is 0 Å². The van der Waals surface area contributed by atoms with E-state index in [2.05, 4.69) is 9.47 Å². The Morgan fingerprint density at radius 2 is 1.04 bits per heavy atom. The SMILES string of the molecule is CCCC[O-].CCCC[O-].CCOC(=O)C(C)O.CCOC(=O)C(C)O.[Zr+2]. The molecule has 2 unspecified atom stereocenters. The second kappa shape index (κ2) is 33.3. The summed E-state index contributed by atoms with van der Waals surface area (Å²) in [5.41, 5.74) is 0. The van der Waals surface area contributed by atoms with Gasteiger partial charge in [-0.25, -0.2) is 9.59 Å². The predicted octanol–water partition coefficient (Wildman–Crippen LogP) is 0.152. The topological polar surface area (TPSA) is 139 Å². The number of carbonyl (C=O) groups excluding carboxylic acids is 2. The summed E-state index contributed by atoms with van der Waals surface area (Å²) in [7, 11) is 0. The van der Waals surface area contributed by atoms with Crippen LogP contribution in [0.3, 0.4) is 0 Å². The van der Waals surface area contributed by atoms with Crippen LogP contribution in [0.1, 0.15) is 67.2 Å². The normalized spacial score (nSPS) is 10.7. The third-order valence-corrected chi connectivity index (χ3v) is 2.25. The average Bonchev–Trinajstić information content (AvgIpc) is 2.58. The number of unbranched alkanes of at least 4 members (excludes halogenated alkanes) is 2. The molecule has 0 aliphatic heterocycles. The van der Waals surface area contributed by atoms with Crippen LogP contribution < -0.4 is 10.2 Å². The Balaban J connectivity index is -0.0000000807. The number of carbonyl (C=O) groups is 2. The molecule has 0 saturated heterocycles. The van der Waals surface area contributed by atoms with Crippen molar-refractivity contribution < 1.29 is 65.7 Å². The Labute approximate surface area is 183 Å². The van der Waals surface area contributed by atoms with Crippen LogP contribution in [0, 0.1) is 0 Å². The van der Waals surface area contributed by atoms with Gasteiger partial charge in [-0.1, -0.05) is 39.5 Å². The second-order valence-corrected chi connectivity index (χ2v) is 4.97. The first-order valence-corrected chi connectivity index (χ1v) is 9.05. The molecule has 0 heterocycles. The minimum absolute atomic E-state index is 0. The Kier molecular flexibility index (Phi) is 46.1. The van der Waals surface area contributed by atoms with Gasteiger partial charge in [-0.15, -0.1) is 13.2 Å². The summed E-state index contributed by atoms with van der Waals surface area (Å²) in [6.45, 7) is 11.0. The van der Waals surface area contributed by atoms with Crippen molar-refractivity contribution in [3.63, 3.8) is 0 Å². The zero-order chi connectivity index (χ0) is 21.4. The summed E-state index contributed by atoms with van der Waals surface area (Å²) in [6.07, 6.45) is 1.75. The quantitative estimate of drug-likeness (QED) is 0.475. The van der Waals surface area contributed by atoms with Crippen molar-refractivity contribution in [2.24, 2.45) is 0 Å². The van der Waals surface area contributed by atoms with Gasteiger partial charge in [0, 0.05) is 0 Å². The van der Waals surface area contributed by atoms with Crippen LogP contribution >= 0.6 is 0 Å². The first-order valence-electron chi connectivity index (χ1n) is 9.05. The molecule has 0 aromatic carbocycles. The molecule has 2 N–H and O–H groups in total. The van der Waals surface area contributed by atoms with Crippen LogP contribution in [0.15, 0.2) is 0 Å². The van der Waals surface area contributed by atoms with E-state index in [0.717, 1.165) is 25.7 Å². The van der Waals surface area contributed by atoms with Crippen molar-refractivity contribution >= 4 is 11.9 Å². The van der Waals surface area contributed by atoms with Crippen molar-refractivity contribution in [3.8, 4) is 0 Å². The van der Waals surface area contributed by atoms with Crippen molar-refractivity contribution in [2.45, 2.75) is 79.4 Å². The van der Waals surface area contributed by atoms with Crippen molar-refractivity contribution in [1.82, 2.24) is 0 Å². The molecule has 9 heteroatoms. The molecule has 162 valence electrons. The predicted molar refractivity (Wildman–Crippen MR) is 96.2 cm³/mol. The van der Waals surface area contributed by atoms with Gasteiger partial charge in [0.1, 0.15) is 12.2 Å². The van der Waals surface area contributed by atoms with Crippen LogP contribution in [0.2, 0.25) is 0 Å². The molecule has 0 aromatic rings. The van der Waals surface area contributed by atoms with Gasteiger partial charge in [0.2, 0.25) is 0 Å². The molecule has 0 spiro atoms. The number of aliphatic hydroxyl groups excluding tert-OH is 2. The molecule has 0 rings (SSSR count). The molecule has 8 nitrogen and oxygen atoms in total. The van der Waals surface area contributed by atoms with Crippen molar-refractivity contribution in [1.29, 1.82) is 0 Å². The Morgan fingerprint density at radius 1 is 0.778 bits per heavy atom. The maximum atomic E-state index is 10.3. The van der Waals surface area contributed by atoms with Gasteiger partial charge >= 0.3 is 38.1 Å². The van der Waals surface area contributed by atoms with Gasteiger partial charge in [-0.05, 0) is 27.7 Å². The van der Waals surface area contributed by atoms with Gasteiger partial charge in [0.05, 0.1) is 13.2 Å². The third-order valence-electron chi connectivity index (χ3n) is 2.25. The fraction of sp³-hybridized carbons (Fsp3) is 0.889. The number of ether oxygens (including phenoxy) is 2. The molecule has 0 radical (unpaired) electrons. The van der Waals surface area contributed by atoms with E-state index >= 15 is 0 Å². The van der Waals surface area contributed by atoms with E-state index in [-0.39, 0.29) is 39.4 Å². The van der Waals surface area contributed by atoms with Gasteiger partial charge < -0.3 is 29.9 Å². The summed E-state index contributed by atoms with van der Waals surface area (Å²) in [6, 6.07) is 0. The number of esters is 2. The summed E-state index contributed by atoms with van der Waals surface area (Å²) in [4.78, 5) is 20.5. The van der Waals surface area contributed by atoms with Crippen molar-refractivity contribution in [3.05, 3.63) is 0 Å². The van der Waals surface area contributed by atoms with Gasteiger partial charge in [-0.3, -0.25) is 0 Å². The molecule has 27 heavy (non-hydrogen) atoms. The summed E-state index contributed by atoms with van der Waals surface area (Å²) >= 11 is 0. The van der Waals surface area contributed by atoms with E-state index in [0.29, 0.717) is 13.2 Å². The van der Waals surface area contributed by atoms with E-state index in [1.807, 2.05) is 13.8 Å². The van der Waals surface area contributed by atoms with Crippen LogP contribution in [-0.2, 0) is 45.3 Å². The Hall–Kier alpha value is -0.337. The first-order chi connectivity index (χ1) is 12.2. The van der Waals surface area contributed by atoms with E-state index in [9.17, 15) is 19.8 Å². The van der Waals surface area contributed by atoms with Crippen LogP contribution in [0.4, 0.5) is 0 Å². The molecule has 0 aromatic heterocycles. The number of rotatable bonds is 8. The van der Waals surface area contributed by atoms with E-state index in [4.69, 9.17) is 10.2 Å². The van der Waals surface area contributed by atoms with E-state index < -0.39 is 24.1 Å². The summed E-state index contributed by atoms with van der Waals surface area (Å²) in [5.74, 6) is -1.12. The van der Waals surface area contributed by atoms with E-state index in [1.54, 1.807) is 13.8 Å². The van der Waals surface area contributed by atoms with Crippen LogP contribution in [0.5, 0.6) is 0 Å². The molecule has 2 atom stereocenters. The van der Waals surface area contributed by atoms with Crippen molar-refractivity contribution in [2.75, 3.05) is 26.4 Å². The minimum atomic E-state index is -0.991. The monoisotopic (exact) mass is 472 g/mol.